The van der Waals surface area contributed by atoms with E-state index < -0.39 is 21.9 Å². The molecule has 0 bridgehead atoms. The number of ether oxygens (including phenoxy) is 1. The van der Waals surface area contributed by atoms with Gasteiger partial charge < -0.3 is 15.6 Å². The lowest BCUT2D eigenvalue weighted by Crippen LogP contribution is -2.28. The van der Waals surface area contributed by atoms with E-state index in [0.29, 0.717) is 5.56 Å². The highest BCUT2D eigenvalue weighted by atomic mass is 16.6. The first-order valence-corrected chi connectivity index (χ1v) is 4.62. The third kappa shape index (κ3) is 2.22. The van der Waals surface area contributed by atoms with E-state index in [1.165, 1.54) is 19.2 Å². The molecule has 0 saturated carbocycles. The Morgan fingerprint density at radius 1 is 1.50 bits per heavy atom. The van der Waals surface area contributed by atoms with Crippen LogP contribution in [-0.4, -0.2) is 17.1 Å². The predicted octanol–water partition coefficient (Wildman–Crippen LogP) is 1.50. The first kappa shape index (κ1) is 12.3. The third-order valence-electron chi connectivity index (χ3n) is 2.22. The number of benzene rings is 1. The molecule has 1 rings (SSSR count). The summed E-state index contributed by atoms with van der Waals surface area (Å²) in [6.07, 6.45) is 0. The van der Waals surface area contributed by atoms with E-state index in [4.69, 9.17) is 10.5 Å². The second-order valence-corrected chi connectivity index (χ2v) is 4.03. The molecular formula is C10H14N2O4. The molecule has 88 valence electrons. The van der Waals surface area contributed by atoms with Crippen molar-refractivity contribution in [2.75, 3.05) is 7.11 Å². The molecule has 0 saturated heterocycles. The van der Waals surface area contributed by atoms with Crippen LogP contribution in [0.15, 0.2) is 12.1 Å². The molecule has 0 amide bonds. The topological polar surface area (TPSA) is 98.6 Å². The fourth-order valence-corrected chi connectivity index (χ4v) is 1.26. The molecule has 0 fully saturated rings. The monoisotopic (exact) mass is 226 g/mol. The molecule has 1 aromatic rings. The number of nitro groups is 1. The van der Waals surface area contributed by atoms with Gasteiger partial charge in [-0.25, -0.2) is 0 Å². The van der Waals surface area contributed by atoms with Crippen molar-refractivity contribution >= 4 is 5.69 Å². The van der Waals surface area contributed by atoms with Crippen LogP contribution in [0.1, 0.15) is 19.4 Å². The molecule has 1 aromatic carbocycles. The average molecular weight is 226 g/mol. The van der Waals surface area contributed by atoms with E-state index in [1.807, 2.05) is 0 Å². The van der Waals surface area contributed by atoms with Crippen molar-refractivity contribution in [3.05, 3.63) is 27.8 Å². The van der Waals surface area contributed by atoms with Crippen molar-refractivity contribution in [2.45, 2.75) is 19.4 Å². The molecule has 6 nitrogen and oxygen atoms in total. The zero-order valence-corrected chi connectivity index (χ0v) is 9.35. The lowest BCUT2D eigenvalue weighted by Gasteiger charge is -2.19. The van der Waals surface area contributed by atoms with Gasteiger partial charge in [-0.3, -0.25) is 10.1 Å². The molecule has 0 heterocycles. The van der Waals surface area contributed by atoms with Crippen LogP contribution in [0.2, 0.25) is 0 Å². The fraction of sp³-hybridized carbons (Fsp3) is 0.400. The normalized spacial score (nSPS) is 11.2. The summed E-state index contributed by atoms with van der Waals surface area (Å²) in [5.74, 6) is -0.441. The minimum absolute atomic E-state index is 0.0442. The molecule has 0 unspecified atom stereocenters. The Kier molecular flexibility index (Phi) is 3.04. The molecule has 0 aliphatic carbocycles. The number of nitro benzene ring substituents is 1. The Morgan fingerprint density at radius 2 is 2.06 bits per heavy atom. The van der Waals surface area contributed by atoms with Crippen LogP contribution >= 0.6 is 0 Å². The van der Waals surface area contributed by atoms with Gasteiger partial charge in [-0.2, -0.15) is 0 Å². The van der Waals surface area contributed by atoms with Gasteiger partial charge in [-0.15, -0.1) is 0 Å². The summed E-state index contributed by atoms with van der Waals surface area (Å²) in [5.41, 5.74) is 5.21. The maximum absolute atomic E-state index is 10.7. The maximum atomic E-state index is 10.7. The highest BCUT2D eigenvalue weighted by Crippen LogP contribution is 2.38. The van der Waals surface area contributed by atoms with Crippen molar-refractivity contribution in [1.29, 1.82) is 0 Å². The summed E-state index contributed by atoms with van der Waals surface area (Å²) >= 11 is 0. The molecule has 0 atom stereocenters. The Balaban J connectivity index is 3.46. The van der Waals surface area contributed by atoms with Gasteiger partial charge in [0.15, 0.2) is 5.75 Å². The van der Waals surface area contributed by atoms with Crippen LogP contribution in [0, 0.1) is 10.1 Å². The van der Waals surface area contributed by atoms with Gasteiger partial charge in [0.05, 0.1) is 12.0 Å². The summed E-state index contributed by atoms with van der Waals surface area (Å²) in [7, 11) is 1.33. The van der Waals surface area contributed by atoms with Crippen LogP contribution in [0.3, 0.4) is 0 Å². The quantitative estimate of drug-likeness (QED) is 0.601. The van der Waals surface area contributed by atoms with Crippen LogP contribution in [0.25, 0.3) is 0 Å². The Labute approximate surface area is 92.8 Å². The maximum Gasteiger partial charge on any atom is 0.315 e. The molecule has 0 aromatic heterocycles. The molecular weight excluding hydrogens is 212 g/mol. The van der Waals surface area contributed by atoms with Gasteiger partial charge in [0, 0.05) is 11.6 Å². The van der Waals surface area contributed by atoms with E-state index in [0.717, 1.165) is 0 Å². The number of phenolic OH excluding ortho intramolecular Hbond substituents is 1. The van der Waals surface area contributed by atoms with E-state index in [-0.39, 0.29) is 5.75 Å². The second kappa shape index (κ2) is 3.97. The zero-order valence-electron chi connectivity index (χ0n) is 9.35. The van der Waals surface area contributed by atoms with Crippen molar-refractivity contribution in [1.82, 2.24) is 0 Å². The standard InChI is InChI=1S/C10H14N2O4/c1-10(2,11)6-4-7(12(14)15)9(13)8(5-6)16-3/h4-5,13H,11H2,1-3H3. The van der Waals surface area contributed by atoms with E-state index in [9.17, 15) is 15.2 Å². The number of hydrogen-bond acceptors (Lipinski definition) is 5. The molecule has 0 aliphatic heterocycles. The first-order chi connectivity index (χ1) is 7.27. The molecule has 3 N–H and O–H groups in total. The number of hydrogen-bond donors (Lipinski definition) is 2. The van der Waals surface area contributed by atoms with Crippen LogP contribution < -0.4 is 10.5 Å². The Hall–Kier alpha value is -1.82. The Morgan fingerprint density at radius 3 is 2.44 bits per heavy atom. The van der Waals surface area contributed by atoms with Crippen molar-refractivity contribution in [3.63, 3.8) is 0 Å². The van der Waals surface area contributed by atoms with E-state index >= 15 is 0 Å². The van der Waals surface area contributed by atoms with Crippen molar-refractivity contribution in [3.8, 4) is 11.5 Å². The van der Waals surface area contributed by atoms with Gasteiger partial charge >= 0.3 is 5.69 Å². The van der Waals surface area contributed by atoms with Crippen molar-refractivity contribution < 1.29 is 14.8 Å². The highest BCUT2D eigenvalue weighted by molar-refractivity contribution is 5.58. The third-order valence-corrected chi connectivity index (χ3v) is 2.22. The summed E-state index contributed by atoms with van der Waals surface area (Å²) in [6, 6.07) is 2.74. The van der Waals surface area contributed by atoms with Crippen LogP contribution in [-0.2, 0) is 5.54 Å². The largest absolute Gasteiger partial charge is 0.500 e. The first-order valence-electron chi connectivity index (χ1n) is 4.62. The van der Waals surface area contributed by atoms with Crippen LogP contribution in [0.5, 0.6) is 11.5 Å². The van der Waals surface area contributed by atoms with Gasteiger partial charge in [0.1, 0.15) is 0 Å². The van der Waals surface area contributed by atoms with Gasteiger partial charge in [-0.05, 0) is 25.5 Å². The lowest BCUT2D eigenvalue weighted by atomic mass is 9.94. The number of phenols is 1. The average Bonchev–Trinajstić information content (AvgIpc) is 2.15. The smallest absolute Gasteiger partial charge is 0.315 e. The van der Waals surface area contributed by atoms with Gasteiger partial charge in [0.2, 0.25) is 5.75 Å². The van der Waals surface area contributed by atoms with Crippen LogP contribution in [0.4, 0.5) is 5.69 Å². The van der Waals surface area contributed by atoms with Gasteiger partial charge in [0.25, 0.3) is 0 Å². The zero-order chi connectivity index (χ0) is 12.5. The summed E-state index contributed by atoms with van der Waals surface area (Å²) in [5, 5.41) is 20.3. The lowest BCUT2D eigenvalue weighted by molar-refractivity contribution is -0.386. The number of nitrogens with two attached hydrogens (primary N) is 1. The highest BCUT2D eigenvalue weighted by Gasteiger charge is 2.24. The summed E-state index contributed by atoms with van der Waals surface area (Å²) < 4.78 is 4.86. The Bertz CT molecular complexity index is 424. The molecule has 0 aliphatic rings. The summed E-state index contributed by atoms with van der Waals surface area (Å²) in [6.45, 7) is 3.42. The van der Waals surface area contributed by atoms with Gasteiger partial charge in [-0.1, -0.05) is 0 Å². The molecule has 16 heavy (non-hydrogen) atoms. The fourth-order valence-electron chi connectivity index (χ4n) is 1.26. The van der Waals surface area contributed by atoms with E-state index in [1.54, 1.807) is 13.8 Å². The number of methoxy groups -OCH3 is 1. The minimum atomic E-state index is -0.744. The number of rotatable bonds is 3. The number of nitrogens with zero attached hydrogens (tertiary/aromatic N) is 1. The SMILES string of the molecule is COc1cc(C(C)(C)N)cc([N+](=O)[O-])c1O. The molecule has 0 spiro atoms. The van der Waals surface area contributed by atoms with E-state index in [2.05, 4.69) is 0 Å². The molecule has 6 heteroatoms. The summed E-state index contributed by atoms with van der Waals surface area (Å²) in [4.78, 5) is 10.0. The molecule has 0 radical (unpaired) electrons. The number of aromatic hydroxyl groups is 1. The van der Waals surface area contributed by atoms with Crippen molar-refractivity contribution in [2.24, 2.45) is 5.73 Å². The minimum Gasteiger partial charge on any atom is -0.500 e. The second-order valence-electron chi connectivity index (χ2n) is 4.03. The predicted molar refractivity (Wildman–Crippen MR) is 58.5 cm³/mol.